The van der Waals surface area contributed by atoms with Crippen molar-refractivity contribution in [3.63, 3.8) is 0 Å². The predicted molar refractivity (Wildman–Crippen MR) is 85.4 cm³/mol. The highest BCUT2D eigenvalue weighted by atomic mass is 35.5. The van der Waals surface area contributed by atoms with E-state index in [2.05, 4.69) is 17.1 Å². The molecule has 2 heterocycles. The highest BCUT2D eigenvalue weighted by molar-refractivity contribution is 5.85. The highest BCUT2D eigenvalue weighted by Crippen LogP contribution is 2.20. The summed E-state index contributed by atoms with van der Waals surface area (Å²) >= 11 is 0. The number of carbonyl (C=O) groups excluding carboxylic acids is 1. The molecule has 1 N–H and O–H groups in total. The summed E-state index contributed by atoms with van der Waals surface area (Å²) in [4.78, 5) is 16.6. The van der Waals surface area contributed by atoms with E-state index < -0.39 is 0 Å². The van der Waals surface area contributed by atoms with E-state index in [0.29, 0.717) is 12.3 Å². The lowest BCUT2D eigenvalue weighted by Gasteiger charge is -2.28. The number of hydrogen-bond donors (Lipinski definition) is 1. The minimum absolute atomic E-state index is 0. The van der Waals surface area contributed by atoms with Crippen LogP contribution in [0.15, 0.2) is 0 Å². The molecule has 2 fully saturated rings. The van der Waals surface area contributed by atoms with Crippen molar-refractivity contribution in [3.05, 3.63) is 0 Å². The molecular formula is C15H30ClN3O. The molecule has 0 radical (unpaired) electrons. The number of halogens is 1. The quantitative estimate of drug-likeness (QED) is 0.859. The number of likely N-dealkylation sites (tertiary alicyclic amines) is 1. The molecule has 2 rings (SSSR count). The fourth-order valence-corrected chi connectivity index (χ4v) is 3.18. The third kappa shape index (κ3) is 5.58. The molecule has 0 aromatic carbocycles. The number of hydrogen-bond acceptors (Lipinski definition) is 3. The van der Waals surface area contributed by atoms with Crippen molar-refractivity contribution in [1.29, 1.82) is 0 Å². The molecule has 118 valence electrons. The van der Waals surface area contributed by atoms with Gasteiger partial charge in [-0.05, 0) is 38.3 Å². The monoisotopic (exact) mass is 303 g/mol. The number of nitrogens with zero attached hydrogens (tertiary/aromatic N) is 2. The SMILES string of the molecule is CCC1CCCN(CCC(=O)N2CCNCC2)CC1.Cl. The van der Waals surface area contributed by atoms with Crippen molar-refractivity contribution in [2.24, 2.45) is 5.92 Å². The van der Waals surface area contributed by atoms with Crippen LogP contribution in [0.25, 0.3) is 0 Å². The van der Waals surface area contributed by atoms with Gasteiger partial charge in [0.1, 0.15) is 0 Å². The lowest BCUT2D eigenvalue weighted by Crippen LogP contribution is -2.47. The summed E-state index contributed by atoms with van der Waals surface area (Å²) in [5.41, 5.74) is 0. The summed E-state index contributed by atoms with van der Waals surface area (Å²) in [6.07, 6.45) is 6.02. The number of amides is 1. The van der Waals surface area contributed by atoms with Crippen LogP contribution in [0.4, 0.5) is 0 Å². The molecule has 0 aliphatic carbocycles. The Kier molecular flexibility index (Phi) is 8.50. The lowest BCUT2D eigenvalue weighted by atomic mass is 9.98. The zero-order chi connectivity index (χ0) is 13.5. The van der Waals surface area contributed by atoms with E-state index in [-0.39, 0.29) is 12.4 Å². The van der Waals surface area contributed by atoms with Gasteiger partial charge in [-0.2, -0.15) is 0 Å². The molecule has 1 atom stereocenters. The van der Waals surface area contributed by atoms with Crippen LogP contribution >= 0.6 is 12.4 Å². The molecule has 0 spiro atoms. The number of rotatable bonds is 4. The lowest BCUT2D eigenvalue weighted by molar-refractivity contribution is -0.132. The van der Waals surface area contributed by atoms with Crippen molar-refractivity contribution < 1.29 is 4.79 Å². The van der Waals surface area contributed by atoms with Gasteiger partial charge in [0.15, 0.2) is 0 Å². The van der Waals surface area contributed by atoms with E-state index in [1.54, 1.807) is 0 Å². The van der Waals surface area contributed by atoms with Gasteiger partial charge < -0.3 is 15.1 Å². The summed E-state index contributed by atoms with van der Waals surface area (Å²) in [6.45, 7) is 9.31. The number of nitrogens with one attached hydrogen (secondary N) is 1. The molecule has 0 aromatic heterocycles. The zero-order valence-corrected chi connectivity index (χ0v) is 13.6. The predicted octanol–water partition coefficient (Wildman–Crippen LogP) is 1.74. The minimum Gasteiger partial charge on any atom is -0.340 e. The summed E-state index contributed by atoms with van der Waals surface area (Å²) in [6, 6.07) is 0. The molecule has 2 saturated heterocycles. The largest absolute Gasteiger partial charge is 0.340 e. The van der Waals surface area contributed by atoms with Gasteiger partial charge in [-0.3, -0.25) is 4.79 Å². The molecule has 2 aliphatic heterocycles. The van der Waals surface area contributed by atoms with E-state index >= 15 is 0 Å². The first-order valence-electron chi connectivity index (χ1n) is 8.00. The average Bonchev–Trinajstić information content (AvgIpc) is 2.70. The van der Waals surface area contributed by atoms with Gasteiger partial charge in [-0.1, -0.05) is 13.3 Å². The first kappa shape index (κ1) is 17.7. The molecular weight excluding hydrogens is 274 g/mol. The average molecular weight is 304 g/mol. The summed E-state index contributed by atoms with van der Waals surface area (Å²) in [5.74, 6) is 1.26. The maximum Gasteiger partial charge on any atom is 0.223 e. The third-order valence-corrected chi connectivity index (χ3v) is 4.63. The minimum atomic E-state index is 0. The van der Waals surface area contributed by atoms with Crippen molar-refractivity contribution in [2.45, 2.75) is 39.0 Å². The molecule has 0 aromatic rings. The topological polar surface area (TPSA) is 35.6 Å². The fourth-order valence-electron chi connectivity index (χ4n) is 3.18. The van der Waals surface area contributed by atoms with Gasteiger partial charge >= 0.3 is 0 Å². The van der Waals surface area contributed by atoms with Gasteiger partial charge in [-0.25, -0.2) is 0 Å². The standard InChI is InChI=1S/C15H29N3O.ClH/c1-2-14-4-3-9-17(10-5-14)11-6-15(19)18-12-7-16-8-13-18;/h14,16H,2-13H2,1H3;1H. The normalized spacial score (nSPS) is 24.9. The van der Waals surface area contributed by atoms with Crippen molar-refractivity contribution in [1.82, 2.24) is 15.1 Å². The van der Waals surface area contributed by atoms with Crippen LogP contribution < -0.4 is 5.32 Å². The first-order chi connectivity index (χ1) is 9.29. The van der Waals surface area contributed by atoms with E-state index in [9.17, 15) is 4.79 Å². The maximum absolute atomic E-state index is 12.1. The Hall–Kier alpha value is -0.320. The van der Waals surface area contributed by atoms with E-state index in [1.807, 2.05) is 4.90 Å². The van der Waals surface area contributed by atoms with Gasteiger partial charge in [0.05, 0.1) is 0 Å². The van der Waals surface area contributed by atoms with Crippen LogP contribution in [0.2, 0.25) is 0 Å². The molecule has 20 heavy (non-hydrogen) atoms. The molecule has 1 unspecified atom stereocenters. The smallest absolute Gasteiger partial charge is 0.223 e. The van der Waals surface area contributed by atoms with Crippen molar-refractivity contribution >= 4 is 18.3 Å². The second-order valence-electron chi connectivity index (χ2n) is 5.93. The van der Waals surface area contributed by atoms with Crippen LogP contribution in [0.5, 0.6) is 0 Å². The molecule has 0 saturated carbocycles. The van der Waals surface area contributed by atoms with Gasteiger partial charge in [0.25, 0.3) is 0 Å². The molecule has 5 heteroatoms. The molecule has 2 aliphatic rings. The Bertz CT molecular complexity index is 282. The van der Waals surface area contributed by atoms with Gasteiger partial charge in [0, 0.05) is 39.1 Å². The summed E-state index contributed by atoms with van der Waals surface area (Å²) < 4.78 is 0. The maximum atomic E-state index is 12.1. The van der Waals surface area contributed by atoms with Crippen molar-refractivity contribution in [2.75, 3.05) is 45.8 Å². The van der Waals surface area contributed by atoms with Crippen LogP contribution in [-0.2, 0) is 4.79 Å². The van der Waals surface area contributed by atoms with E-state index in [0.717, 1.165) is 38.6 Å². The van der Waals surface area contributed by atoms with Crippen LogP contribution in [0, 0.1) is 5.92 Å². The highest BCUT2D eigenvalue weighted by Gasteiger charge is 2.19. The Morgan fingerprint density at radius 1 is 1.15 bits per heavy atom. The Labute approximate surface area is 129 Å². The van der Waals surface area contributed by atoms with Crippen LogP contribution in [0.3, 0.4) is 0 Å². The molecule has 4 nitrogen and oxygen atoms in total. The summed E-state index contributed by atoms with van der Waals surface area (Å²) in [5, 5.41) is 3.29. The number of carbonyl (C=O) groups is 1. The second-order valence-corrected chi connectivity index (χ2v) is 5.93. The third-order valence-electron chi connectivity index (χ3n) is 4.63. The Balaban J connectivity index is 0.00000200. The number of piperazine rings is 1. The second kappa shape index (κ2) is 9.59. The fraction of sp³-hybridized carbons (Fsp3) is 0.933. The Morgan fingerprint density at radius 3 is 2.60 bits per heavy atom. The van der Waals surface area contributed by atoms with Crippen molar-refractivity contribution in [3.8, 4) is 0 Å². The molecule has 0 bridgehead atoms. The van der Waals surface area contributed by atoms with Gasteiger partial charge in [0.2, 0.25) is 5.91 Å². The van der Waals surface area contributed by atoms with E-state index in [4.69, 9.17) is 0 Å². The zero-order valence-electron chi connectivity index (χ0n) is 12.8. The van der Waals surface area contributed by atoms with Crippen LogP contribution in [-0.4, -0.2) is 61.5 Å². The van der Waals surface area contributed by atoms with Gasteiger partial charge in [-0.15, -0.1) is 12.4 Å². The van der Waals surface area contributed by atoms with E-state index in [1.165, 1.54) is 38.8 Å². The summed E-state index contributed by atoms with van der Waals surface area (Å²) in [7, 11) is 0. The molecule has 1 amide bonds. The van der Waals surface area contributed by atoms with Crippen LogP contribution in [0.1, 0.15) is 39.0 Å². The first-order valence-corrected chi connectivity index (χ1v) is 8.00. The Morgan fingerprint density at radius 2 is 1.90 bits per heavy atom.